The normalized spacial score (nSPS) is 11.2. The van der Waals surface area contributed by atoms with E-state index in [4.69, 9.17) is 5.11 Å². The summed E-state index contributed by atoms with van der Waals surface area (Å²) in [6, 6.07) is 3.52. The summed E-state index contributed by atoms with van der Waals surface area (Å²) in [6.45, 7) is 5.16. The second kappa shape index (κ2) is 7.90. The van der Waals surface area contributed by atoms with E-state index in [0.29, 0.717) is 23.5 Å². The molecule has 3 N–H and O–H groups in total. The summed E-state index contributed by atoms with van der Waals surface area (Å²) in [5, 5.41) is 11.5. The minimum absolute atomic E-state index is 0.0474. The first-order valence-corrected chi connectivity index (χ1v) is 8.21. The zero-order valence-corrected chi connectivity index (χ0v) is 15.0. The van der Waals surface area contributed by atoms with Gasteiger partial charge in [-0.2, -0.15) is 0 Å². The van der Waals surface area contributed by atoms with Crippen LogP contribution in [0.4, 0.5) is 0 Å². The van der Waals surface area contributed by atoms with E-state index in [1.54, 1.807) is 45.3 Å². The Morgan fingerprint density at radius 1 is 1.35 bits per heavy atom. The monoisotopic (exact) mass is 358 g/mol. The number of rotatable bonds is 7. The second-order valence-electron chi connectivity index (χ2n) is 6.72. The Hall–Kier alpha value is -3.03. The molecule has 0 radical (unpaired) electrons. The van der Waals surface area contributed by atoms with Crippen LogP contribution in [0.5, 0.6) is 0 Å². The molecule has 2 rings (SSSR count). The molecule has 0 bridgehead atoms. The number of aryl methyl sites for hydroxylation is 1. The van der Waals surface area contributed by atoms with Gasteiger partial charge in [0.05, 0.1) is 6.42 Å². The molecule has 0 aliphatic rings. The number of carbonyl (C=O) groups excluding carboxylic acids is 1. The van der Waals surface area contributed by atoms with Crippen molar-refractivity contribution in [2.24, 2.45) is 0 Å². The lowest BCUT2D eigenvalue weighted by Crippen LogP contribution is -2.45. The molecule has 0 saturated carbocycles. The lowest BCUT2D eigenvalue weighted by molar-refractivity contribution is -0.137. The van der Waals surface area contributed by atoms with E-state index in [1.807, 2.05) is 0 Å². The van der Waals surface area contributed by atoms with Gasteiger partial charge in [-0.05, 0) is 39.3 Å². The third kappa shape index (κ3) is 5.23. The molecule has 0 unspecified atom stereocenters. The smallest absolute Gasteiger partial charge is 0.303 e. The first-order chi connectivity index (χ1) is 12.2. The van der Waals surface area contributed by atoms with Crippen molar-refractivity contribution in [1.29, 1.82) is 0 Å². The number of aromatic amines is 1. The van der Waals surface area contributed by atoms with Crippen molar-refractivity contribution in [3.05, 3.63) is 46.1 Å². The average Bonchev–Trinajstić information content (AvgIpc) is 2.56. The van der Waals surface area contributed by atoms with Gasteiger partial charge in [0.1, 0.15) is 5.82 Å². The Labute approximate surface area is 150 Å². The lowest BCUT2D eigenvalue weighted by atomic mass is 9.98. The van der Waals surface area contributed by atoms with Gasteiger partial charge in [0.15, 0.2) is 0 Å². The lowest BCUT2D eigenvalue weighted by Gasteiger charge is -2.25. The Bertz CT molecular complexity index is 859. The highest BCUT2D eigenvalue weighted by Crippen LogP contribution is 2.14. The van der Waals surface area contributed by atoms with Crippen LogP contribution in [-0.4, -0.2) is 37.5 Å². The van der Waals surface area contributed by atoms with E-state index in [-0.39, 0.29) is 29.9 Å². The van der Waals surface area contributed by atoms with Crippen molar-refractivity contribution in [3.63, 3.8) is 0 Å². The van der Waals surface area contributed by atoms with Crippen LogP contribution in [0.25, 0.3) is 11.4 Å². The number of H-pyrrole nitrogens is 1. The number of aliphatic carboxylic acids is 1. The maximum atomic E-state index is 12.4. The van der Waals surface area contributed by atoms with E-state index in [9.17, 15) is 14.4 Å². The van der Waals surface area contributed by atoms with Crippen LogP contribution in [0.3, 0.4) is 0 Å². The van der Waals surface area contributed by atoms with Crippen LogP contribution in [-0.2, 0) is 16.0 Å². The molecule has 2 heterocycles. The van der Waals surface area contributed by atoms with E-state index in [1.165, 1.54) is 0 Å². The molecule has 0 saturated heterocycles. The van der Waals surface area contributed by atoms with Crippen molar-refractivity contribution in [3.8, 4) is 11.4 Å². The Morgan fingerprint density at radius 3 is 2.65 bits per heavy atom. The molecule has 26 heavy (non-hydrogen) atoms. The molecule has 0 spiro atoms. The van der Waals surface area contributed by atoms with Crippen LogP contribution < -0.4 is 10.9 Å². The number of aromatic nitrogens is 3. The van der Waals surface area contributed by atoms with Gasteiger partial charge in [0.25, 0.3) is 5.56 Å². The first-order valence-electron chi connectivity index (χ1n) is 8.21. The number of carboxylic acids is 1. The van der Waals surface area contributed by atoms with Gasteiger partial charge in [-0.3, -0.25) is 19.4 Å². The Kier molecular flexibility index (Phi) is 5.86. The number of pyridine rings is 1. The molecule has 0 aliphatic carbocycles. The molecule has 0 fully saturated rings. The van der Waals surface area contributed by atoms with Gasteiger partial charge in [-0.1, -0.05) is 0 Å². The number of carbonyl (C=O) groups is 2. The summed E-state index contributed by atoms with van der Waals surface area (Å²) in [7, 11) is 0. The van der Waals surface area contributed by atoms with Crippen molar-refractivity contribution < 1.29 is 14.7 Å². The molecule has 0 atom stereocenters. The average molecular weight is 358 g/mol. The molecule has 8 nitrogen and oxygen atoms in total. The van der Waals surface area contributed by atoms with Crippen molar-refractivity contribution >= 4 is 11.9 Å². The van der Waals surface area contributed by atoms with E-state index in [0.717, 1.165) is 0 Å². The fraction of sp³-hybridized carbons (Fsp3) is 0.389. The summed E-state index contributed by atoms with van der Waals surface area (Å²) >= 11 is 0. The van der Waals surface area contributed by atoms with E-state index in [2.05, 4.69) is 20.3 Å². The van der Waals surface area contributed by atoms with Gasteiger partial charge in [0.2, 0.25) is 5.91 Å². The fourth-order valence-electron chi connectivity index (χ4n) is 2.52. The Balaban J connectivity index is 2.13. The molecule has 138 valence electrons. The maximum absolute atomic E-state index is 12.4. The predicted molar refractivity (Wildman–Crippen MR) is 95.6 cm³/mol. The molecule has 2 aromatic heterocycles. The second-order valence-corrected chi connectivity index (χ2v) is 6.72. The topological polar surface area (TPSA) is 125 Å². The maximum Gasteiger partial charge on any atom is 0.303 e. The van der Waals surface area contributed by atoms with Crippen molar-refractivity contribution in [2.45, 2.75) is 45.6 Å². The minimum atomic E-state index is -0.921. The fourth-order valence-corrected chi connectivity index (χ4v) is 2.52. The summed E-state index contributed by atoms with van der Waals surface area (Å²) in [6.07, 6.45) is 3.34. The highest BCUT2D eigenvalue weighted by molar-refractivity contribution is 5.79. The minimum Gasteiger partial charge on any atom is -0.481 e. The van der Waals surface area contributed by atoms with Crippen LogP contribution in [0.15, 0.2) is 29.3 Å². The van der Waals surface area contributed by atoms with Gasteiger partial charge in [-0.15, -0.1) is 0 Å². The third-order valence-corrected chi connectivity index (χ3v) is 3.94. The zero-order chi connectivity index (χ0) is 19.3. The van der Waals surface area contributed by atoms with Crippen LogP contribution in [0, 0.1) is 6.92 Å². The van der Waals surface area contributed by atoms with Crippen molar-refractivity contribution in [1.82, 2.24) is 20.3 Å². The zero-order valence-electron chi connectivity index (χ0n) is 15.0. The summed E-state index contributed by atoms with van der Waals surface area (Å²) in [5.74, 6) is -0.883. The van der Waals surface area contributed by atoms with E-state index < -0.39 is 11.5 Å². The number of hydrogen-bond acceptors (Lipinski definition) is 5. The highest BCUT2D eigenvalue weighted by atomic mass is 16.4. The summed E-state index contributed by atoms with van der Waals surface area (Å²) < 4.78 is 0. The number of hydrogen-bond donors (Lipinski definition) is 3. The standard InChI is InChI=1S/C18H22N4O4/c1-11-13(9-14(23)22-18(2,3)7-6-15(24)25)17(26)21-16(20-11)12-5-4-8-19-10-12/h4-5,8,10H,6-7,9H2,1-3H3,(H,22,23)(H,24,25)(H,20,21,26). The van der Waals surface area contributed by atoms with Crippen LogP contribution in [0.1, 0.15) is 37.9 Å². The Morgan fingerprint density at radius 2 is 2.08 bits per heavy atom. The number of amides is 1. The van der Waals surface area contributed by atoms with Crippen LogP contribution >= 0.6 is 0 Å². The molecule has 0 aromatic carbocycles. The predicted octanol–water partition coefficient (Wildman–Crippen LogP) is 1.44. The largest absolute Gasteiger partial charge is 0.481 e. The molecule has 0 aliphatic heterocycles. The summed E-state index contributed by atoms with van der Waals surface area (Å²) in [5.41, 5.74) is 0.364. The number of nitrogens with zero attached hydrogens (tertiary/aromatic N) is 2. The van der Waals surface area contributed by atoms with Crippen molar-refractivity contribution in [2.75, 3.05) is 0 Å². The van der Waals surface area contributed by atoms with Gasteiger partial charge < -0.3 is 15.4 Å². The molecular weight excluding hydrogens is 336 g/mol. The molecule has 2 aromatic rings. The van der Waals surface area contributed by atoms with E-state index >= 15 is 0 Å². The van der Waals surface area contributed by atoms with Crippen LogP contribution in [0.2, 0.25) is 0 Å². The summed E-state index contributed by atoms with van der Waals surface area (Å²) in [4.78, 5) is 46.4. The quantitative estimate of drug-likeness (QED) is 0.688. The number of carboxylic acid groups (broad SMARTS) is 1. The first kappa shape index (κ1) is 19.3. The molecular formula is C18H22N4O4. The third-order valence-electron chi connectivity index (χ3n) is 3.94. The molecule has 1 amide bonds. The molecule has 8 heteroatoms. The van der Waals surface area contributed by atoms with Gasteiger partial charge >= 0.3 is 5.97 Å². The van der Waals surface area contributed by atoms with Gasteiger partial charge in [0, 0.05) is 41.2 Å². The highest BCUT2D eigenvalue weighted by Gasteiger charge is 2.23. The number of nitrogens with one attached hydrogen (secondary N) is 2. The SMILES string of the molecule is Cc1nc(-c2cccnc2)[nH]c(=O)c1CC(=O)NC(C)(C)CCC(=O)O. The van der Waals surface area contributed by atoms with Gasteiger partial charge in [-0.25, -0.2) is 4.98 Å².